The van der Waals surface area contributed by atoms with Crippen molar-refractivity contribution < 1.29 is 18.3 Å². The van der Waals surface area contributed by atoms with Crippen molar-refractivity contribution >= 4 is 28.1 Å². The van der Waals surface area contributed by atoms with E-state index in [4.69, 9.17) is 4.74 Å². The van der Waals surface area contributed by atoms with Crippen molar-refractivity contribution in [1.82, 2.24) is 9.88 Å². The number of halogens is 2. The third-order valence-corrected chi connectivity index (χ3v) is 7.11. The monoisotopic (exact) mass is 529 g/mol. The number of aromatic amines is 1. The summed E-state index contributed by atoms with van der Waals surface area (Å²) in [5, 5.41) is 4.54. The van der Waals surface area contributed by atoms with Gasteiger partial charge in [0.2, 0.25) is 0 Å². The molecule has 202 valence electrons. The number of carbonyl (C=O) groups is 1. The molecule has 0 atom stereocenters. The maximum atomic E-state index is 13.9. The molecule has 0 saturated carbocycles. The summed E-state index contributed by atoms with van der Waals surface area (Å²) in [7, 11) is 0. The van der Waals surface area contributed by atoms with Gasteiger partial charge in [-0.25, -0.2) is 13.6 Å². The molecule has 0 radical (unpaired) electrons. The molecular formula is C32H33F2N3O2. The molecule has 0 aliphatic carbocycles. The van der Waals surface area contributed by atoms with E-state index in [-0.39, 0.29) is 12.0 Å². The quantitative estimate of drug-likeness (QED) is 0.247. The zero-order valence-corrected chi connectivity index (χ0v) is 22.5. The minimum absolute atomic E-state index is 0.244. The predicted octanol–water partition coefficient (Wildman–Crippen LogP) is 6.80. The number of nitrogens with zero attached hydrogens (tertiary/aromatic N) is 1. The van der Waals surface area contributed by atoms with Crippen molar-refractivity contribution in [1.29, 1.82) is 0 Å². The number of carbonyl (C=O) groups excluding carboxylic acids is 1. The first-order chi connectivity index (χ1) is 18.7. The molecule has 0 spiro atoms. The van der Waals surface area contributed by atoms with Gasteiger partial charge >= 0.3 is 5.97 Å². The van der Waals surface area contributed by atoms with Gasteiger partial charge in [-0.2, -0.15) is 0 Å². The summed E-state index contributed by atoms with van der Waals surface area (Å²) < 4.78 is 32.9. The molecule has 0 saturated heterocycles. The van der Waals surface area contributed by atoms with Crippen LogP contribution in [-0.4, -0.2) is 35.5 Å². The Morgan fingerprint density at radius 1 is 1.03 bits per heavy atom. The van der Waals surface area contributed by atoms with Crippen LogP contribution < -0.4 is 5.32 Å². The first-order valence-electron chi connectivity index (χ1n) is 13.3. The Balaban J connectivity index is 1.48. The topological polar surface area (TPSA) is 57.4 Å². The molecule has 7 heteroatoms. The van der Waals surface area contributed by atoms with E-state index in [2.05, 4.69) is 54.5 Å². The summed E-state index contributed by atoms with van der Waals surface area (Å²) in [5.74, 6) is -2.20. The van der Waals surface area contributed by atoms with Crippen molar-refractivity contribution in [3.63, 3.8) is 0 Å². The number of fused-ring (bicyclic) bond motifs is 3. The maximum absolute atomic E-state index is 13.9. The van der Waals surface area contributed by atoms with Gasteiger partial charge in [-0.15, -0.1) is 0 Å². The van der Waals surface area contributed by atoms with Gasteiger partial charge < -0.3 is 19.9 Å². The van der Waals surface area contributed by atoms with Crippen LogP contribution in [0.2, 0.25) is 0 Å². The Morgan fingerprint density at radius 2 is 1.82 bits per heavy atom. The highest BCUT2D eigenvalue weighted by Gasteiger charge is 2.35. The van der Waals surface area contributed by atoms with Crippen LogP contribution in [-0.2, 0) is 27.9 Å². The van der Waals surface area contributed by atoms with E-state index >= 15 is 0 Å². The zero-order chi connectivity index (χ0) is 27.6. The van der Waals surface area contributed by atoms with Crippen LogP contribution in [0.25, 0.3) is 16.5 Å². The highest BCUT2D eigenvalue weighted by Crippen LogP contribution is 2.41. The number of aromatic nitrogens is 1. The molecule has 2 heterocycles. The van der Waals surface area contributed by atoms with E-state index < -0.39 is 17.6 Å². The lowest BCUT2D eigenvalue weighted by Gasteiger charge is -2.31. The minimum Gasteiger partial charge on any atom is -0.462 e. The first kappa shape index (κ1) is 26.5. The van der Waals surface area contributed by atoms with E-state index in [0.29, 0.717) is 24.2 Å². The second kappa shape index (κ2) is 10.9. The summed E-state index contributed by atoms with van der Waals surface area (Å²) in [5.41, 5.74) is 5.61. The number of benzene rings is 3. The molecular weight excluding hydrogens is 496 g/mol. The lowest BCUT2D eigenvalue weighted by Crippen LogP contribution is -2.32. The Morgan fingerprint density at radius 3 is 2.56 bits per heavy atom. The fourth-order valence-corrected chi connectivity index (χ4v) is 5.43. The van der Waals surface area contributed by atoms with Crippen LogP contribution in [0.3, 0.4) is 0 Å². The molecule has 0 amide bonds. The number of anilines is 1. The van der Waals surface area contributed by atoms with E-state index in [1.807, 2.05) is 23.1 Å². The summed E-state index contributed by atoms with van der Waals surface area (Å²) in [6.45, 7) is 7.96. The maximum Gasteiger partial charge on any atom is 0.341 e. The molecule has 1 aliphatic rings. The number of ether oxygens (including phenoxy) is 1. The molecule has 39 heavy (non-hydrogen) atoms. The van der Waals surface area contributed by atoms with Gasteiger partial charge in [0.05, 0.1) is 17.9 Å². The first-order valence-corrected chi connectivity index (χ1v) is 13.3. The standard InChI is InChI=1S/C32H33F2N3O2/c1-4-39-31(38)25-19-37(18-22-10-13-26(33)27(34)16-22)20-32(2,3)29-24-12-11-23(17-28(24)36-30(25)29)35-15-14-21-8-6-5-7-9-21/h5-13,16-17,19,35-36H,4,14-15,18,20H2,1-3H3. The number of rotatable bonds is 8. The van der Waals surface area contributed by atoms with Gasteiger partial charge in [0.25, 0.3) is 0 Å². The molecule has 2 N–H and O–H groups in total. The predicted molar refractivity (Wildman–Crippen MR) is 151 cm³/mol. The minimum atomic E-state index is -0.888. The number of nitrogens with one attached hydrogen (secondary N) is 2. The fraction of sp³-hybridized carbons (Fsp3) is 0.281. The molecule has 0 unspecified atom stereocenters. The summed E-state index contributed by atoms with van der Waals surface area (Å²) >= 11 is 0. The van der Waals surface area contributed by atoms with E-state index in [0.717, 1.165) is 46.9 Å². The number of H-pyrrole nitrogens is 1. The van der Waals surface area contributed by atoms with Crippen LogP contribution in [0.4, 0.5) is 14.5 Å². The number of hydrogen-bond donors (Lipinski definition) is 2. The van der Waals surface area contributed by atoms with Crippen molar-refractivity contribution in [3.05, 3.63) is 107 Å². The van der Waals surface area contributed by atoms with Gasteiger partial charge in [0.1, 0.15) is 0 Å². The van der Waals surface area contributed by atoms with Crippen LogP contribution in [0, 0.1) is 11.6 Å². The van der Waals surface area contributed by atoms with Crippen LogP contribution in [0.1, 0.15) is 43.2 Å². The highest BCUT2D eigenvalue weighted by atomic mass is 19.2. The zero-order valence-electron chi connectivity index (χ0n) is 22.5. The number of esters is 1. The summed E-state index contributed by atoms with van der Waals surface area (Å²) in [6, 6.07) is 20.5. The number of hydrogen-bond acceptors (Lipinski definition) is 4. The fourth-order valence-electron chi connectivity index (χ4n) is 5.43. The molecule has 3 aromatic carbocycles. The smallest absolute Gasteiger partial charge is 0.341 e. The van der Waals surface area contributed by atoms with Gasteiger partial charge in [-0.1, -0.05) is 56.3 Å². The molecule has 5 rings (SSSR count). The molecule has 1 aromatic heterocycles. The SMILES string of the molecule is CCOC(=O)C1=CN(Cc2ccc(F)c(F)c2)CC(C)(C)c2c1[nH]c1cc(NCCc3ccccc3)ccc21. The van der Waals surface area contributed by atoms with Crippen LogP contribution in [0.15, 0.2) is 72.9 Å². The second-order valence-corrected chi connectivity index (χ2v) is 10.6. The average Bonchev–Trinajstić information content (AvgIpc) is 3.24. The van der Waals surface area contributed by atoms with E-state index in [1.165, 1.54) is 11.6 Å². The average molecular weight is 530 g/mol. The third-order valence-electron chi connectivity index (χ3n) is 7.11. The summed E-state index contributed by atoms with van der Waals surface area (Å²) in [4.78, 5) is 18.7. The van der Waals surface area contributed by atoms with Crippen molar-refractivity contribution in [3.8, 4) is 0 Å². The lowest BCUT2D eigenvalue weighted by atomic mass is 9.81. The third kappa shape index (κ3) is 5.67. The second-order valence-electron chi connectivity index (χ2n) is 10.6. The molecule has 1 aliphatic heterocycles. The highest BCUT2D eigenvalue weighted by molar-refractivity contribution is 6.18. The largest absolute Gasteiger partial charge is 0.462 e. The molecule has 5 nitrogen and oxygen atoms in total. The van der Waals surface area contributed by atoms with Crippen molar-refractivity contribution in [2.45, 2.75) is 39.2 Å². The van der Waals surface area contributed by atoms with Gasteiger partial charge in [0, 0.05) is 47.8 Å². The van der Waals surface area contributed by atoms with E-state index in [1.54, 1.807) is 19.2 Å². The van der Waals surface area contributed by atoms with Crippen molar-refractivity contribution in [2.75, 3.05) is 25.0 Å². The van der Waals surface area contributed by atoms with Crippen LogP contribution >= 0.6 is 0 Å². The van der Waals surface area contributed by atoms with Crippen LogP contribution in [0.5, 0.6) is 0 Å². The lowest BCUT2D eigenvalue weighted by molar-refractivity contribution is -0.136. The van der Waals surface area contributed by atoms with Gasteiger partial charge in [-0.05, 0) is 54.3 Å². The van der Waals surface area contributed by atoms with Gasteiger partial charge in [0.15, 0.2) is 11.6 Å². The van der Waals surface area contributed by atoms with Gasteiger partial charge in [-0.3, -0.25) is 0 Å². The Labute approximate surface area is 227 Å². The molecule has 0 bridgehead atoms. The van der Waals surface area contributed by atoms with Crippen molar-refractivity contribution in [2.24, 2.45) is 0 Å². The summed E-state index contributed by atoms with van der Waals surface area (Å²) in [6.07, 6.45) is 2.69. The Bertz CT molecular complexity index is 1530. The Kier molecular flexibility index (Phi) is 7.42. The Hall–Kier alpha value is -4.13. The normalized spacial score (nSPS) is 14.5. The molecule has 0 fully saturated rings. The molecule has 4 aromatic rings. The van der Waals surface area contributed by atoms with E-state index in [9.17, 15) is 13.6 Å².